The SMILES string of the molecule is CC(=O)[C@@H]1C[CH-]CN1C.CC(=O)[C@@H]1C[CH-]CN1C.CC(=O)[C@H]1C[CH-]CN1C.CC(=O)[C@H]1C[CH-]CN1C.[CH-]=C.[CH-]=C.[CH-]=C.[CH-]=C.[K+].[K+].[K+].[K+]. The Kier molecular flexibility index (Phi) is 68.7. The molecule has 0 bridgehead atoms. The summed E-state index contributed by atoms with van der Waals surface area (Å²) in [6.07, 6.45) is 12.3. The maximum Gasteiger partial charge on any atom is 1.00 e. The van der Waals surface area contributed by atoms with Crippen molar-refractivity contribution in [2.75, 3.05) is 54.4 Å². The van der Waals surface area contributed by atoms with E-state index in [0.29, 0.717) is 0 Å². The Balaban J connectivity index is -0.0000000673. The van der Waals surface area contributed by atoms with Gasteiger partial charge in [-0.25, -0.2) is 0 Å². The fourth-order valence-electron chi connectivity index (χ4n) is 4.88. The molecular formula is C36H60K4N4O4-4. The molecule has 0 saturated carbocycles. The second kappa shape index (κ2) is 47.2. The van der Waals surface area contributed by atoms with Crippen molar-refractivity contribution in [3.63, 3.8) is 0 Å². The molecule has 4 saturated heterocycles. The molecular weight excluding hydrogens is 709 g/mol. The zero-order valence-corrected chi connectivity index (χ0v) is 45.3. The molecule has 4 aliphatic heterocycles. The van der Waals surface area contributed by atoms with E-state index in [1.165, 1.54) is 0 Å². The van der Waals surface area contributed by atoms with E-state index in [2.05, 4.69) is 97.9 Å². The Labute approximate surface area is 467 Å². The summed E-state index contributed by atoms with van der Waals surface area (Å²) < 4.78 is 0. The van der Waals surface area contributed by atoms with Crippen molar-refractivity contribution >= 4 is 23.1 Å². The molecule has 4 atom stereocenters. The van der Waals surface area contributed by atoms with Crippen molar-refractivity contribution in [2.45, 2.75) is 77.5 Å². The number of carbonyl (C=O) groups excluding carboxylic acids is 4. The number of likely N-dealkylation sites (tertiary alicyclic amines) is 4. The standard InChI is InChI=1S/4C7H12NO.4C2H3.4K/c4*1-6(9)7-4-3-5-8(7)2;4*1-2;;;;/h4*3,7H,4-5H2,1-2H3;4*1H,2H2;;;;/q8*-1;4*+1/t4*7-;;;;;;;;/m1100......../s1. The van der Waals surface area contributed by atoms with Gasteiger partial charge >= 0.3 is 206 Å². The van der Waals surface area contributed by atoms with Crippen LogP contribution in [0.2, 0.25) is 0 Å². The first-order valence-electron chi connectivity index (χ1n) is 14.6. The molecule has 256 valence electrons. The second-order valence-electron chi connectivity index (χ2n) is 10.4. The van der Waals surface area contributed by atoms with Gasteiger partial charge < -0.3 is 71.6 Å². The molecule has 0 spiro atoms. The topological polar surface area (TPSA) is 81.2 Å². The van der Waals surface area contributed by atoms with Crippen LogP contribution in [0.15, 0.2) is 26.3 Å². The first kappa shape index (κ1) is 69.9. The van der Waals surface area contributed by atoms with Gasteiger partial charge in [0, 0.05) is 24.2 Å². The Hall–Kier alpha value is 4.03. The molecule has 0 aromatic carbocycles. The Morgan fingerprint density at radius 1 is 0.417 bits per heavy atom. The summed E-state index contributed by atoms with van der Waals surface area (Å²) in [6.45, 7) is 38.5. The van der Waals surface area contributed by atoms with Gasteiger partial charge in [0.1, 0.15) is 23.1 Å². The normalized spacial score (nSPS) is 22.0. The maximum atomic E-state index is 10.8. The van der Waals surface area contributed by atoms with E-state index < -0.39 is 0 Å². The van der Waals surface area contributed by atoms with Crippen LogP contribution in [0.1, 0.15) is 53.4 Å². The first-order valence-corrected chi connectivity index (χ1v) is 14.6. The summed E-state index contributed by atoms with van der Waals surface area (Å²) in [5.41, 5.74) is 0. The Morgan fingerprint density at radius 3 is 0.583 bits per heavy atom. The van der Waals surface area contributed by atoms with Gasteiger partial charge in [-0.2, -0.15) is 25.7 Å². The van der Waals surface area contributed by atoms with Crippen molar-refractivity contribution in [3.05, 3.63) is 78.3 Å². The third-order valence-electron chi connectivity index (χ3n) is 7.23. The third kappa shape index (κ3) is 33.4. The molecule has 12 heteroatoms. The number of nitrogens with zero attached hydrogens (tertiary/aromatic N) is 4. The molecule has 4 aliphatic rings. The van der Waals surface area contributed by atoms with Gasteiger partial charge in [-0.1, -0.05) is 0 Å². The predicted molar refractivity (Wildman–Crippen MR) is 184 cm³/mol. The molecule has 4 rings (SSSR count). The number of hydrogen-bond donors (Lipinski definition) is 0. The zero-order chi connectivity index (χ0) is 35.4. The van der Waals surface area contributed by atoms with E-state index in [4.69, 9.17) is 0 Å². The number of Topliss-reactive ketones (excluding diaryl/α,β-unsaturated/α-hetero) is 4. The van der Waals surface area contributed by atoms with Gasteiger partial charge in [0.15, 0.2) is 0 Å². The number of rotatable bonds is 4. The minimum Gasteiger partial charge on any atom is -0.521 e. The molecule has 0 aliphatic carbocycles. The molecule has 0 aromatic rings. The minimum absolute atomic E-state index is 0. The van der Waals surface area contributed by atoms with Crippen LogP contribution in [-0.2, 0) is 19.2 Å². The quantitative estimate of drug-likeness (QED) is 0.207. The maximum absolute atomic E-state index is 10.8. The summed E-state index contributed by atoms with van der Waals surface area (Å²) in [5.74, 6) is 1.13. The van der Waals surface area contributed by atoms with Crippen molar-refractivity contribution in [1.82, 2.24) is 19.6 Å². The van der Waals surface area contributed by atoms with Crippen molar-refractivity contribution in [2.24, 2.45) is 0 Å². The van der Waals surface area contributed by atoms with E-state index >= 15 is 0 Å². The van der Waals surface area contributed by atoms with E-state index in [0.717, 1.165) is 51.9 Å². The minimum atomic E-state index is 0. The van der Waals surface area contributed by atoms with Crippen LogP contribution in [-0.4, -0.2) is 121 Å². The smallest absolute Gasteiger partial charge is 0.521 e. The molecule has 0 amide bonds. The summed E-state index contributed by atoms with van der Waals surface area (Å²) in [4.78, 5) is 51.5. The monoisotopic (exact) mass is 768 g/mol. The van der Waals surface area contributed by atoms with Crippen LogP contribution < -0.4 is 206 Å². The largest absolute Gasteiger partial charge is 1.00 e. The van der Waals surface area contributed by atoms with Crippen LogP contribution in [0.4, 0.5) is 0 Å². The number of likely N-dealkylation sites (N-methyl/N-ethyl adjacent to an activating group) is 4. The van der Waals surface area contributed by atoms with Gasteiger partial charge in [0.2, 0.25) is 0 Å². The zero-order valence-electron chi connectivity index (χ0n) is 32.8. The van der Waals surface area contributed by atoms with E-state index in [1.54, 1.807) is 27.7 Å². The molecule has 0 unspecified atom stereocenters. The van der Waals surface area contributed by atoms with Gasteiger partial charge in [-0.05, 0) is 55.9 Å². The molecule has 48 heavy (non-hydrogen) atoms. The van der Waals surface area contributed by atoms with Gasteiger partial charge in [0.05, 0.1) is 0 Å². The molecule has 4 heterocycles. The van der Waals surface area contributed by atoms with Crippen molar-refractivity contribution in [3.8, 4) is 0 Å². The molecule has 0 aromatic heterocycles. The first-order chi connectivity index (χ1) is 20.9. The number of ketones is 4. The fraction of sp³-hybridized carbons (Fsp3) is 0.556. The Bertz CT molecular complexity index is 682. The number of hydrogen-bond acceptors (Lipinski definition) is 8. The summed E-state index contributed by atoms with van der Waals surface area (Å²) in [6, 6.07) is 0.685. The number of carbonyl (C=O) groups is 4. The van der Waals surface area contributed by atoms with Gasteiger partial charge in [-0.15, -0.1) is 26.2 Å². The molecule has 8 nitrogen and oxygen atoms in total. The average molecular weight is 769 g/mol. The van der Waals surface area contributed by atoms with E-state index in [1.807, 2.05) is 28.2 Å². The van der Waals surface area contributed by atoms with Crippen LogP contribution in [0.5, 0.6) is 0 Å². The van der Waals surface area contributed by atoms with E-state index in [-0.39, 0.29) is 253 Å². The molecule has 0 radical (unpaired) electrons. The average Bonchev–Trinajstić information content (AvgIpc) is 3.83. The summed E-state index contributed by atoms with van der Waals surface area (Å²) in [7, 11) is 7.93. The van der Waals surface area contributed by atoms with Crippen LogP contribution in [0, 0.1) is 52.0 Å². The third-order valence-corrected chi connectivity index (χ3v) is 7.23. The summed E-state index contributed by atoms with van der Waals surface area (Å²) >= 11 is 0. The van der Waals surface area contributed by atoms with E-state index in [9.17, 15) is 19.2 Å². The Morgan fingerprint density at radius 2 is 0.542 bits per heavy atom. The second-order valence-corrected chi connectivity index (χ2v) is 10.4. The summed E-state index contributed by atoms with van der Waals surface area (Å²) in [5, 5.41) is 0. The fourth-order valence-corrected chi connectivity index (χ4v) is 4.88. The van der Waals surface area contributed by atoms with Gasteiger partial charge in [-0.3, -0.25) is 45.5 Å². The predicted octanol–water partition coefficient (Wildman–Crippen LogP) is -7.63. The van der Waals surface area contributed by atoms with Crippen molar-refractivity contribution < 1.29 is 225 Å². The molecule has 4 fully saturated rings. The van der Waals surface area contributed by atoms with Gasteiger partial charge in [0.25, 0.3) is 0 Å². The van der Waals surface area contributed by atoms with Crippen LogP contribution in [0.3, 0.4) is 0 Å². The van der Waals surface area contributed by atoms with Crippen molar-refractivity contribution in [1.29, 1.82) is 0 Å². The van der Waals surface area contributed by atoms with Crippen LogP contribution >= 0.6 is 0 Å². The van der Waals surface area contributed by atoms with Crippen LogP contribution in [0.25, 0.3) is 0 Å². The molecule has 0 N–H and O–H groups in total.